The highest BCUT2D eigenvalue weighted by Gasteiger charge is 2.17. The normalized spacial score (nSPS) is 12.5. The Kier molecular flexibility index (Phi) is 3.79. The quantitative estimate of drug-likeness (QED) is 0.478. The molecular formula is C24H16N6O. The fraction of sp³-hybridized carbons (Fsp3) is 0. The number of imidazole rings is 1. The van der Waals surface area contributed by atoms with Crippen LogP contribution in [-0.2, 0) is 0 Å². The molecule has 5 aromatic rings. The Balaban J connectivity index is 1.34. The van der Waals surface area contributed by atoms with Crippen molar-refractivity contribution in [3.05, 3.63) is 96.6 Å². The van der Waals surface area contributed by atoms with E-state index < -0.39 is 0 Å². The van der Waals surface area contributed by atoms with Crippen molar-refractivity contribution in [2.75, 3.05) is 5.32 Å². The number of benzene rings is 2. The summed E-state index contributed by atoms with van der Waals surface area (Å²) in [6, 6.07) is 19.8. The number of hydrogen-bond acceptors (Lipinski definition) is 4. The summed E-state index contributed by atoms with van der Waals surface area (Å²) < 4.78 is 3.86. The molecule has 1 aliphatic heterocycles. The zero-order chi connectivity index (χ0) is 20.8. The highest BCUT2D eigenvalue weighted by molar-refractivity contribution is 6.13. The van der Waals surface area contributed by atoms with Gasteiger partial charge in [0.15, 0.2) is 5.65 Å². The van der Waals surface area contributed by atoms with E-state index in [4.69, 9.17) is 0 Å². The summed E-state index contributed by atoms with van der Waals surface area (Å²) >= 11 is 0. The second kappa shape index (κ2) is 6.77. The standard InChI is InChI=1S/C24H16N6O/c31-24-20-7-2-16(14-17(20)15-26-24)22-9-8-21(23-25-11-13-29(22)23)28-18-3-5-19(6-4-18)30-12-1-10-27-30/h1-15,28H. The van der Waals surface area contributed by atoms with E-state index in [1.807, 2.05) is 82.1 Å². The number of nitrogens with zero attached hydrogens (tertiary/aromatic N) is 5. The monoisotopic (exact) mass is 404 g/mol. The first kappa shape index (κ1) is 17.3. The number of anilines is 2. The smallest absolute Gasteiger partial charge is 0.277 e. The van der Waals surface area contributed by atoms with E-state index >= 15 is 0 Å². The second-order valence-electron chi connectivity index (χ2n) is 7.24. The fourth-order valence-electron chi connectivity index (χ4n) is 3.84. The molecule has 0 saturated heterocycles. The molecule has 0 unspecified atom stereocenters. The predicted molar refractivity (Wildman–Crippen MR) is 119 cm³/mol. The molecule has 0 atom stereocenters. The van der Waals surface area contributed by atoms with E-state index in [0.29, 0.717) is 5.56 Å². The largest absolute Gasteiger partial charge is 0.352 e. The summed E-state index contributed by atoms with van der Waals surface area (Å²) in [5.41, 5.74) is 7.15. The summed E-state index contributed by atoms with van der Waals surface area (Å²) in [7, 11) is 0. The first-order chi connectivity index (χ1) is 15.3. The predicted octanol–water partition coefficient (Wildman–Crippen LogP) is 4.50. The first-order valence-electron chi connectivity index (χ1n) is 9.82. The minimum atomic E-state index is -0.188. The summed E-state index contributed by atoms with van der Waals surface area (Å²) in [6.45, 7) is 0. The molecule has 31 heavy (non-hydrogen) atoms. The number of nitrogens with one attached hydrogen (secondary N) is 1. The molecule has 0 aliphatic carbocycles. The van der Waals surface area contributed by atoms with Crippen molar-refractivity contribution in [2.24, 2.45) is 4.99 Å². The number of rotatable bonds is 4. The lowest BCUT2D eigenvalue weighted by Gasteiger charge is -2.12. The minimum absolute atomic E-state index is 0.188. The number of amides is 1. The summed E-state index contributed by atoms with van der Waals surface area (Å²) in [5.74, 6) is -0.188. The molecule has 148 valence electrons. The van der Waals surface area contributed by atoms with Gasteiger partial charge >= 0.3 is 0 Å². The number of aromatic nitrogens is 4. The number of carbonyl (C=O) groups is 1. The van der Waals surface area contributed by atoms with Crippen LogP contribution >= 0.6 is 0 Å². The van der Waals surface area contributed by atoms with Gasteiger partial charge in [-0.2, -0.15) is 5.10 Å². The molecule has 2 aromatic carbocycles. The summed E-state index contributed by atoms with van der Waals surface area (Å²) in [6.07, 6.45) is 9.01. The Morgan fingerprint density at radius 1 is 0.903 bits per heavy atom. The third-order valence-electron chi connectivity index (χ3n) is 5.36. The van der Waals surface area contributed by atoms with Gasteiger partial charge in [-0.05, 0) is 60.2 Å². The lowest BCUT2D eigenvalue weighted by molar-refractivity contribution is 0.101. The average molecular weight is 404 g/mol. The highest BCUT2D eigenvalue weighted by Crippen LogP contribution is 2.29. The highest BCUT2D eigenvalue weighted by atomic mass is 16.1. The van der Waals surface area contributed by atoms with E-state index in [0.717, 1.165) is 39.5 Å². The number of carbonyl (C=O) groups excluding carboxylic acids is 1. The van der Waals surface area contributed by atoms with Crippen molar-refractivity contribution in [3.63, 3.8) is 0 Å². The zero-order valence-electron chi connectivity index (χ0n) is 16.3. The van der Waals surface area contributed by atoms with Crippen LogP contribution in [0.2, 0.25) is 0 Å². The van der Waals surface area contributed by atoms with Crippen molar-refractivity contribution in [2.45, 2.75) is 0 Å². The minimum Gasteiger partial charge on any atom is -0.352 e. The molecule has 6 rings (SSSR count). The van der Waals surface area contributed by atoms with Gasteiger partial charge in [-0.3, -0.25) is 9.20 Å². The Labute approximate surface area is 177 Å². The van der Waals surface area contributed by atoms with Gasteiger partial charge in [0.1, 0.15) is 0 Å². The lowest BCUT2D eigenvalue weighted by Crippen LogP contribution is -1.99. The molecule has 7 heteroatoms. The molecule has 0 bridgehead atoms. The van der Waals surface area contributed by atoms with Crippen molar-refractivity contribution in [1.82, 2.24) is 19.2 Å². The van der Waals surface area contributed by atoms with Crippen molar-refractivity contribution in [3.8, 4) is 16.9 Å². The number of hydrogen-bond donors (Lipinski definition) is 1. The molecule has 0 saturated carbocycles. The van der Waals surface area contributed by atoms with Crippen LogP contribution in [0.25, 0.3) is 22.6 Å². The van der Waals surface area contributed by atoms with Crippen molar-refractivity contribution < 1.29 is 4.79 Å². The SMILES string of the molecule is O=C1N=Cc2cc(-c3ccc(Nc4ccc(-n5cccn5)cc4)c4nccn34)ccc21. The van der Waals surface area contributed by atoms with Gasteiger partial charge in [-0.25, -0.2) is 14.7 Å². The van der Waals surface area contributed by atoms with Crippen LogP contribution < -0.4 is 5.32 Å². The van der Waals surface area contributed by atoms with Gasteiger partial charge in [0.2, 0.25) is 0 Å². The van der Waals surface area contributed by atoms with E-state index in [1.165, 1.54) is 0 Å². The number of fused-ring (bicyclic) bond motifs is 2. The van der Waals surface area contributed by atoms with Crippen LogP contribution in [0.4, 0.5) is 11.4 Å². The zero-order valence-corrected chi connectivity index (χ0v) is 16.3. The van der Waals surface area contributed by atoms with E-state index in [-0.39, 0.29) is 5.91 Å². The van der Waals surface area contributed by atoms with Crippen LogP contribution in [-0.4, -0.2) is 31.3 Å². The van der Waals surface area contributed by atoms with E-state index in [1.54, 1.807) is 18.6 Å². The van der Waals surface area contributed by atoms with Gasteiger partial charge in [0.05, 0.1) is 22.6 Å². The van der Waals surface area contributed by atoms with Crippen LogP contribution in [0.1, 0.15) is 15.9 Å². The molecule has 1 aliphatic rings. The van der Waals surface area contributed by atoms with Crippen LogP contribution in [0.5, 0.6) is 0 Å². The Bertz CT molecular complexity index is 1460. The molecule has 1 amide bonds. The molecule has 0 fully saturated rings. The Morgan fingerprint density at radius 2 is 1.81 bits per heavy atom. The third-order valence-corrected chi connectivity index (χ3v) is 5.36. The Morgan fingerprint density at radius 3 is 2.65 bits per heavy atom. The summed E-state index contributed by atoms with van der Waals surface area (Å²) in [4.78, 5) is 20.2. The fourth-order valence-corrected chi connectivity index (χ4v) is 3.84. The molecule has 7 nitrogen and oxygen atoms in total. The average Bonchev–Trinajstić information content (AvgIpc) is 3.56. The maximum absolute atomic E-state index is 11.8. The van der Waals surface area contributed by atoms with Gasteiger partial charge in [0.25, 0.3) is 5.91 Å². The molecule has 0 spiro atoms. The van der Waals surface area contributed by atoms with Gasteiger partial charge in [-0.1, -0.05) is 6.07 Å². The molecule has 4 heterocycles. The number of aliphatic imine (C=N–C) groups is 1. The van der Waals surface area contributed by atoms with Crippen LogP contribution in [0, 0.1) is 0 Å². The van der Waals surface area contributed by atoms with Crippen molar-refractivity contribution >= 4 is 29.1 Å². The molecule has 3 aromatic heterocycles. The molecular weight excluding hydrogens is 388 g/mol. The maximum Gasteiger partial charge on any atom is 0.277 e. The van der Waals surface area contributed by atoms with E-state index in [2.05, 4.69) is 20.4 Å². The number of pyridine rings is 1. The van der Waals surface area contributed by atoms with Gasteiger partial charge in [0, 0.05) is 42.3 Å². The van der Waals surface area contributed by atoms with E-state index in [9.17, 15) is 4.79 Å². The molecule has 1 N–H and O–H groups in total. The summed E-state index contributed by atoms with van der Waals surface area (Å²) in [5, 5.41) is 7.71. The van der Waals surface area contributed by atoms with Gasteiger partial charge < -0.3 is 5.32 Å². The third kappa shape index (κ3) is 2.91. The second-order valence-corrected chi connectivity index (χ2v) is 7.24. The topological polar surface area (TPSA) is 76.6 Å². The van der Waals surface area contributed by atoms with Crippen molar-refractivity contribution in [1.29, 1.82) is 0 Å². The first-order valence-corrected chi connectivity index (χ1v) is 9.82. The maximum atomic E-state index is 11.8. The van der Waals surface area contributed by atoms with Gasteiger partial charge in [-0.15, -0.1) is 0 Å². The molecule has 0 radical (unpaired) electrons. The lowest BCUT2D eigenvalue weighted by atomic mass is 10.0. The van der Waals surface area contributed by atoms with Crippen LogP contribution in [0.15, 0.2) is 90.4 Å². The van der Waals surface area contributed by atoms with Crippen LogP contribution in [0.3, 0.4) is 0 Å². The Hall–Kier alpha value is -4.52.